The maximum Gasteiger partial charge on any atom is 0.271 e. The van der Waals surface area contributed by atoms with Crippen LogP contribution in [0.5, 0.6) is 0 Å². The second-order valence-electron chi connectivity index (χ2n) is 4.46. The summed E-state index contributed by atoms with van der Waals surface area (Å²) in [7, 11) is 1.58. The van der Waals surface area contributed by atoms with Gasteiger partial charge in [0.15, 0.2) is 0 Å². The Labute approximate surface area is 104 Å². The number of halogens is 1. The fourth-order valence-electron chi connectivity index (χ4n) is 1.91. The molecule has 0 radical (unpaired) electrons. The zero-order valence-corrected chi connectivity index (χ0v) is 10.1. The van der Waals surface area contributed by atoms with E-state index < -0.39 is 10.7 Å². The molecule has 1 aliphatic carbocycles. The highest BCUT2D eigenvalue weighted by molar-refractivity contribution is 5.53. The number of rotatable bonds is 6. The first-order chi connectivity index (χ1) is 8.61. The largest absolute Gasteiger partial charge is 0.383 e. The van der Waals surface area contributed by atoms with Crippen molar-refractivity contribution >= 4 is 11.4 Å². The van der Waals surface area contributed by atoms with Gasteiger partial charge in [0, 0.05) is 19.2 Å². The van der Waals surface area contributed by atoms with Crippen LogP contribution in [0.15, 0.2) is 18.2 Å². The van der Waals surface area contributed by atoms with Crippen LogP contribution < -0.4 is 5.32 Å². The first kappa shape index (κ1) is 12.8. The van der Waals surface area contributed by atoms with Gasteiger partial charge in [-0.1, -0.05) is 0 Å². The molecular weight excluding hydrogens is 239 g/mol. The maximum atomic E-state index is 13.6. The van der Waals surface area contributed by atoms with Crippen LogP contribution >= 0.6 is 0 Å². The fourth-order valence-corrected chi connectivity index (χ4v) is 1.91. The highest BCUT2D eigenvalue weighted by atomic mass is 19.1. The van der Waals surface area contributed by atoms with E-state index in [4.69, 9.17) is 4.74 Å². The van der Waals surface area contributed by atoms with Gasteiger partial charge >= 0.3 is 0 Å². The zero-order valence-electron chi connectivity index (χ0n) is 10.1. The molecule has 0 bridgehead atoms. The number of nitro groups is 1. The predicted molar refractivity (Wildman–Crippen MR) is 65.1 cm³/mol. The summed E-state index contributed by atoms with van der Waals surface area (Å²) < 4.78 is 18.7. The highest BCUT2D eigenvalue weighted by Gasteiger charge is 2.31. The van der Waals surface area contributed by atoms with E-state index in [1.807, 2.05) is 0 Å². The van der Waals surface area contributed by atoms with E-state index in [9.17, 15) is 14.5 Å². The summed E-state index contributed by atoms with van der Waals surface area (Å²) in [5.74, 6) is -0.0223. The van der Waals surface area contributed by atoms with Crippen molar-refractivity contribution in [1.29, 1.82) is 0 Å². The molecule has 1 unspecified atom stereocenters. The van der Waals surface area contributed by atoms with E-state index in [-0.39, 0.29) is 17.4 Å². The minimum Gasteiger partial charge on any atom is -0.383 e. The summed E-state index contributed by atoms with van der Waals surface area (Å²) in [5, 5.41) is 13.7. The average molecular weight is 254 g/mol. The number of anilines is 1. The Hall–Kier alpha value is -1.69. The van der Waals surface area contributed by atoms with E-state index >= 15 is 0 Å². The van der Waals surface area contributed by atoms with Gasteiger partial charge in [0.05, 0.1) is 23.3 Å². The topological polar surface area (TPSA) is 64.4 Å². The molecular formula is C12H15FN2O3. The van der Waals surface area contributed by atoms with Crippen LogP contribution in [0.25, 0.3) is 0 Å². The van der Waals surface area contributed by atoms with Crippen LogP contribution in [0, 0.1) is 21.8 Å². The van der Waals surface area contributed by atoms with Gasteiger partial charge in [0.1, 0.15) is 5.82 Å². The highest BCUT2D eigenvalue weighted by Crippen LogP contribution is 2.35. The number of nitro benzene ring substituents is 1. The Bertz CT molecular complexity index is 449. The van der Waals surface area contributed by atoms with Crippen molar-refractivity contribution in [3.8, 4) is 0 Å². The van der Waals surface area contributed by atoms with Gasteiger partial charge in [0.2, 0.25) is 0 Å². The summed E-state index contributed by atoms with van der Waals surface area (Å²) in [5.41, 5.74) is 0.0454. The summed E-state index contributed by atoms with van der Waals surface area (Å²) in [6.07, 6.45) is 2.16. The van der Waals surface area contributed by atoms with Crippen molar-refractivity contribution in [3.63, 3.8) is 0 Å². The molecule has 1 aromatic carbocycles. The zero-order chi connectivity index (χ0) is 13.1. The summed E-state index contributed by atoms with van der Waals surface area (Å²) >= 11 is 0. The molecule has 0 aliphatic heterocycles. The molecule has 5 nitrogen and oxygen atoms in total. The number of benzene rings is 1. The lowest BCUT2D eigenvalue weighted by Crippen LogP contribution is -2.27. The van der Waals surface area contributed by atoms with Crippen LogP contribution in [-0.2, 0) is 4.74 Å². The average Bonchev–Trinajstić information content (AvgIpc) is 3.14. The first-order valence-electron chi connectivity index (χ1n) is 5.81. The third-order valence-corrected chi connectivity index (χ3v) is 3.04. The van der Waals surface area contributed by atoms with Gasteiger partial charge in [-0.15, -0.1) is 0 Å². The molecule has 1 atom stereocenters. The molecule has 1 aliphatic rings. The van der Waals surface area contributed by atoms with Crippen LogP contribution in [-0.4, -0.2) is 24.7 Å². The fraction of sp³-hybridized carbons (Fsp3) is 0.500. The van der Waals surface area contributed by atoms with Gasteiger partial charge in [0.25, 0.3) is 5.69 Å². The van der Waals surface area contributed by atoms with Crippen LogP contribution in [0.1, 0.15) is 12.8 Å². The lowest BCUT2D eigenvalue weighted by molar-refractivity contribution is -0.384. The van der Waals surface area contributed by atoms with Crippen LogP contribution in [0.3, 0.4) is 0 Å². The minimum atomic E-state index is -0.535. The van der Waals surface area contributed by atoms with Crippen molar-refractivity contribution in [3.05, 3.63) is 34.1 Å². The first-order valence-corrected chi connectivity index (χ1v) is 5.81. The number of methoxy groups -OCH3 is 1. The molecule has 0 saturated heterocycles. The van der Waals surface area contributed by atoms with Gasteiger partial charge in [-0.2, -0.15) is 0 Å². The molecule has 0 amide bonds. The molecule has 2 rings (SSSR count). The molecule has 0 heterocycles. The normalized spacial score (nSPS) is 16.3. The SMILES string of the molecule is COCC(Nc1cc([N+](=O)[O-])ccc1F)C1CC1. The quantitative estimate of drug-likeness (QED) is 0.626. The third-order valence-electron chi connectivity index (χ3n) is 3.04. The Morgan fingerprint density at radius 1 is 1.61 bits per heavy atom. The number of nitrogens with zero attached hydrogens (tertiary/aromatic N) is 1. The van der Waals surface area contributed by atoms with E-state index in [2.05, 4.69) is 5.32 Å². The Balaban J connectivity index is 2.15. The molecule has 98 valence electrons. The minimum absolute atomic E-state index is 0.00602. The molecule has 1 aromatic rings. The lowest BCUT2D eigenvalue weighted by atomic mass is 10.1. The Kier molecular flexibility index (Phi) is 3.76. The molecule has 6 heteroatoms. The van der Waals surface area contributed by atoms with Crippen molar-refractivity contribution in [2.75, 3.05) is 19.0 Å². The monoisotopic (exact) mass is 254 g/mol. The smallest absolute Gasteiger partial charge is 0.271 e. The standard InChI is InChI=1S/C12H15FN2O3/c1-18-7-12(8-2-3-8)14-11-6-9(15(16)17)4-5-10(11)13/h4-6,8,12,14H,2-3,7H2,1H3. The van der Waals surface area contributed by atoms with Crippen molar-refractivity contribution in [1.82, 2.24) is 0 Å². The van der Waals surface area contributed by atoms with Gasteiger partial charge in [-0.3, -0.25) is 10.1 Å². The summed E-state index contributed by atoms with van der Waals surface area (Å²) in [6, 6.07) is 3.49. The van der Waals surface area contributed by atoms with E-state index in [1.54, 1.807) is 7.11 Å². The van der Waals surface area contributed by atoms with Gasteiger partial charge < -0.3 is 10.1 Å². The van der Waals surface area contributed by atoms with E-state index in [0.717, 1.165) is 25.0 Å². The number of hydrogen-bond donors (Lipinski definition) is 1. The van der Waals surface area contributed by atoms with Crippen molar-refractivity contribution in [2.24, 2.45) is 5.92 Å². The maximum absolute atomic E-state index is 13.6. The van der Waals surface area contributed by atoms with Gasteiger partial charge in [-0.05, 0) is 24.8 Å². The third kappa shape index (κ3) is 2.95. The Morgan fingerprint density at radius 3 is 2.89 bits per heavy atom. The molecule has 18 heavy (non-hydrogen) atoms. The number of nitrogens with one attached hydrogen (secondary N) is 1. The van der Waals surface area contributed by atoms with Crippen LogP contribution in [0.2, 0.25) is 0 Å². The summed E-state index contributed by atoms with van der Waals surface area (Å²) in [6.45, 7) is 0.465. The lowest BCUT2D eigenvalue weighted by Gasteiger charge is -2.18. The summed E-state index contributed by atoms with van der Waals surface area (Å²) in [4.78, 5) is 10.1. The second kappa shape index (κ2) is 5.30. The predicted octanol–water partition coefficient (Wildman–Crippen LogP) is 2.57. The van der Waals surface area contributed by atoms with Crippen molar-refractivity contribution < 1.29 is 14.1 Å². The molecule has 1 N–H and O–H groups in total. The number of ether oxygens (including phenoxy) is 1. The van der Waals surface area contributed by atoms with Crippen LogP contribution in [0.4, 0.5) is 15.8 Å². The van der Waals surface area contributed by atoms with Gasteiger partial charge in [-0.25, -0.2) is 4.39 Å². The number of non-ortho nitro benzene ring substituents is 1. The molecule has 1 saturated carbocycles. The Morgan fingerprint density at radius 2 is 2.33 bits per heavy atom. The van der Waals surface area contributed by atoms with E-state index in [0.29, 0.717) is 12.5 Å². The second-order valence-corrected chi connectivity index (χ2v) is 4.46. The molecule has 0 aromatic heterocycles. The molecule has 0 spiro atoms. The van der Waals surface area contributed by atoms with Crippen molar-refractivity contribution in [2.45, 2.75) is 18.9 Å². The van der Waals surface area contributed by atoms with E-state index in [1.165, 1.54) is 6.07 Å². The number of hydrogen-bond acceptors (Lipinski definition) is 4. The molecule has 1 fully saturated rings.